The predicted molar refractivity (Wildman–Crippen MR) is 92.0 cm³/mol. The molecule has 0 aliphatic carbocycles. The number of aliphatic hydroxyl groups is 1. The number of hydrogen-bond donors (Lipinski definition) is 2. The van der Waals surface area contributed by atoms with Crippen LogP contribution in [0.3, 0.4) is 0 Å². The van der Waals surface area contributed by atoms with E-state index in [9.17, 15) is 5.11 Å². The Morgan fingerprint density at radius 2 is 1.78 bits per heavy atom. The van der Waals surface area contributed by atoms with Crippen molar-refractivity contribution in [2.45, 2.75) is 25.9 Å². The maximum atomic E-state index is 9.68. The zero-order valence-corrected chi connectivity index (χ0v) is 14.0. The van der Waals surface area contributed by atoms with Crippen LogP contribution in [0.4, 0.5) is 0 Å². The van der Waals surface area contributed by atoms with Crippen LogP contribution in [0.5, 0.6) is 11.5 Å². The predicted octanol–water partition coefficient (Wildman–Crippen LogP) is 3.09. The van der Waals surface area contributed by atoms with Gasteiger partial charge in [-0.15, -0.1) is 0 Å². The van der Waals surface area contributed by atoms with Gasteiger partial charge in [-0.05, 0) is 23.6 Å². The first-order valence-electron chi connectivity index (χ1n) is 7.85. The monoisotopic (exact) mass is 315 g/mol. The molecule has 124 valence electrons. The molecule has 0 aliphatic heterocycles. The van der Waals surface area contributed by atoms with Gasteiger partial charge in [0, 0.05) is 18.2 Å². The molecule has 4 nitrogen and oxygen atoms in total. The van der Waals surface area contributed by atoms with Gasteiger partial charge in [-0.25, -0.2) is 0 Å². The van der Waals surface area contributed by atoms with Crippen molar-refractivity contribution < 1.29 is 14.6 Å². The van der Waals surface area contributed by atoms with Crippen LogP contribution < -0.4 is 14.8 Å². The number of benzene rings is 2. The van der Waals surface area contributed by atoms with Crippen molar-refractivity contribution in [1.82, 2.24) is 5.32 Å². The Morgan fingerprint density at radius 1 is 1.04 bits per heavy atom. The number of ether oxygens (including phenoxy) is 2. The molecule has 0 spiro atoms. The molecule has 0 heterocycles. The first-order valence-corrected chi connectivity index (χ1v) is 7.85. The minimum absolute atomic E-state index is 0.0456. The molecule has 0 radical (unpaired) electrons. The number of aliphatic hydroxyl groups excluding tert-OH is 1. The van der Waals surface area contributed by atoms with Gasteiger partial charge in [0.1, 0.15) is 11.5 Å². The molecule has 0 saturated carbocycles. The van der Waals surface area contributed by atoms with Gasteiger partial charge < -0.3 is 19.9 Å². The molecule has 4 heteroatoms. The molecule has 2 aromatic carbocycles. The van der Waals surface area contributed by atoms with Crippen molar-refractivity contribution in [3.05, 3.63) is 59.2 Å². The maximum absolute atomic E-state index is 9.68. The van der Waals surface area contributed by atoms with Crippen molar-refractivity contribution in [3.8, 4) is 11.5 Å². The van der Waals surface area contributed by atoms with E-state index in [4.69, 9.17) is 9.47 Å². The van der Waals surface area contributed by atoms with Crippen LogP contribution in [0, 0.1) is 0 Å². The van der Waals surface area contributed by atoms with Crippen molar-refractivity contribution in [2.24, 2.45) is 0 Å². The fourth-order valence-corrected chi connectivity index (χ4v) is 2.50. The molecule has 0 fully saturated rings. The number of nitrogens with one attached hydrogen (secondary N) is 1. The number of aryl methyl sites for hydroxylation is 1. The van der Waals surface area contributed by atoms with Gasteiger partial charge in [0.15, 0.2) is 0 Å². The van der Waals surface area contributed by atoms with E-state index in [0.29, 0.717) is 6.54 Å². The van der Waals surface area contributed by atoms with Gasteiger partial charge in [0.2, 0.25) is 0 Å². The van der Waals surface area contributed by atoms with Gasteiger partial charge in [0.25, 0.3) is 0 Å². The zero-order valence-electron chi connectivity index (χ0n) is 14.0. The normalized spacial score (nSPS) is 12.0. The van der Waals surface area contributed by atoms with Crippen LogP contribution in [0.1, 0.15) is 29.7 Å². The van der Waals surface area contributed by atoms with Gasteiger partial charge in [-0.1, -0.05) is 37.3 Å². The highest BCUT2D eigenvalue weighted by atomic mass is 16.5. The van der Waals surface area contributed by atoms with Crippen LogP contribution >= 0.6 is 0 Å². The molecule has 23 heavy (non-hydrogen) atoms. The van der Waals surface area contributed by atoms with Crippen molar-refractivity contribution >= 4 is 0 Å². The van der Waals surface area contributed by atoms with Crippen molar-refractivity contribution in [3.63, 3.8) is 0 Å². The largest absolute Gasteiger partial charge is 0.497 e. The molecule has 1 unspecified atom stereocenters. The average molecular weight is 315 g/mol. The lowest BCUT2D eigenvalue weighted by Crippen LogP contribution is -2.24. The zero-order chi connectivity index (χ0) is 16.7. The molecule has 0 aromatic heterocycles. The first-order chi connectivity index (χ1) is 11.2. The van der Waals surface area contributed by atoms with Gasteiger partial charge in [-0.2, -0.15) is 0 Å². The molecule has 0 amide bonds. The Labute approximate surface area is 138 Å². The summed E-state index contributed by atoms with van der Waals surface area (Å²) in [6.07, 6.45) is 1.01. The third-order valence-electron chi connectivity index (χ3n) is 4.01. The van der Waals surface area contributed by atoms with Crippen molar-refractivity contribution in [2.75, 3.05) is 20.8 Å². The second kappa shape index (κ2) is 8.56. The summed E-state index contributed by atoms with van der Waals surface area (Å²) < 4.78 is 10.6. The second-order valence-electron chi connectivity index (χ2n) is 5.39. The number of methoxy groups -OCH3 is 2. The third kappa shape index (κ3) is 4.47. The lowest BCUT2D eigenvalue weighted by atomic mass is 10.0. The van der Waals surface area contributed by atoms with Gasteiger partial charge >= 0.3 is 0 Å². The summed E-state index contributed by atoms with van der Waals surface area (Å²) in [5.74, 6) is 1.54. The summed E-state index contributed by atoms with van der Waals surface area (Å²) in [5, 5.41) is 13.1. The quantitative estimate of drug-likeness (QED) is 0.786. The molecule has 0 bridgehead atoms. The minimum atomic E-state index is -0.104. The van der Waals surface area contributed by atoms with Crippen LogP contribution in [-0.2, 0) is 13.0 Å². The van der Waals surface area contributed by atoms with E-state index in [1.54, 1.807) is 14.2 Å². The smallest absolute Gasteiger partial charge is 0.127 e. The number of rotatable bonds is 8. The topological polar surface area (TPSA) is 50.7 Å². The average Bonchev–Trinajstić information content (AvgIpc) is 2.62. The lowest BCUT2D eigenvalue weighted by molar-refractivity contribution is 0.243. The Hall–Kier alpha value is -2.04. The second-order valence-corrected chi connectivity index (χ2v) is 5.39. The van der Waals surface area contributed by atoms with E-state index in [-0.39, 0.29) is 12.6 Å². The Kier molecular flexibility index (Phi) is 6.44. The molecule has 2 rings (SSSR count). The molecule has 0 saturated heterocycles. The number of hydrogen-bond acceptors (Lipinski definition) is 4. The van der Waals surface area contributed by atoms with Gasteiger partial charge in [0.05, 0.1) is 26.9 Å². The molecular formula is C19H25NO3. The first kappa shape index (κ1) is 17.3. The van der Waals surface area contributed by atoms with E-state index in [1.807, 2.05) is 18.2 Å². The van der Waals surface area contributed by atoms with E-state index in [1.165, 1.54) is 5.56 Å². The summed E-state index contributed by atoms with van der Waals surface area (Å²) in [7, 11) is 3.28. The standard InChI is InChI=1S/C19H25NO3/c1-4-14-5-7-15(8-6-14)18(13-21)20-12-16-9-10-17(22-2)11-19(16)23-3/h5-11,18,20-21H,4,12-13H2,1-3H3. The highest BCUT2D eigenvalue weighted by Gasteiger charge is 2.12. The van der Waals surface area contributed by atoms with E-state index >= 15 is 0 Å². The van der Waals surface area contributed by atoms with Crippen LogP contribution in [0.2, 0.25) is 0 Å². The molecular weight excluding hydrogens is 290 g/mol. The molecule has 0 aliphatic rings. The SMILES string of the molecule is CCc1ccc(C(CO)NCc2ccc(OC)cc2OC)cc1. The summed E-state index contributed by atoms with van der Waals surface area (Å²) in [4.78, 5) is 0. The highest BCUT2D eigenvalue weighted by Crippen LogP contribution is 2.25. The highest BCUT2D eigenvalue weighted by molar-refractivity contribution is 5.40. The van der Waals surface area contributed by atoms with Gasteiger partial charge in [-0.3, -0.25) is 0 Å². The molecule has 2 N–H and O–H groups in total. The summed E-state index contributed by atoms with van der Waals surface area (Å²) >= 11 is 0. The molecule has 1 atom stereocenters. The summed E-state index contributed by atoms with van der Waals surface area (Å²) in [6.45, 7) is 2.78. The fraction of sp³-hybridized carbons (Fsp3) is 0.368. The fourth-order valence-electron chi connectivity index (χ4n) is 2.50. The van der Waals surface area contributed by atoms with E-state index in [2.05, 4.69) is 36.5 Å². The summed E-state index contributed by atoms with van der Waals surface area (Å²) in [6, 6.07) is 14.0. The Balaban J connectivity index is 2.07. The minimum Gasteiger partial charge on any atom is -0.497 e. The maximum Gasteiger partial charge on any atom is 0.127 e. The van der Waals surface area contributed by atoms with E-state index in [0.717, 1.165) is 29.0 Å². The van der Waals surface area contributed by atoms with Crippen LogP contribution in [0.15, 0.2) is 42.5 Å². The van der Waals surface area contributed by atoms with E-state index < -0.39 is 0 Å². The van der Waals surface area contributed by atoms with Crippen molar-refractivity contribution in [1.29, 1.82) is 0 Å². The summed E-state index contributed by atoms with van der Waals surface area (Å²) in [5.41, 5.74) is 3.40. The van der Waals surface area contributed by atoms with Crippen LogP contribution in [-0.4, -0.2) is 25.9 Å². The Morgan fingerprint density at radius 3 is 2.35 bits per heavy atom. The third-order valence-corrected chi connectivity index (χ3v) is 4.01. The Bertz CT molecular complexity index is 611. The molecule has 2 aromatic rings. The van der Waals surface area contributed by atoms with Crippen LogP contribution in [0.25, 0.3) is 0 Å². The lowest BCUT2D eigenvalue weighted by Gasteiger charge is -2.18.